The van der Waals surface area contributed by atoms with E-state index in [1.54, 1.807) is 23.1 Å². The SMILES string of the molecule is Cc1c(C(=O)NCCCN2CCOCC2)cnn1-c1nccc(-c2cc3ccccc3o2)n1. The van der Waals surface area contributed by atoms with Gasteiger partial charge >= 0.3 is 0 Å². The summed E-state index contributed by atoms with van der Waals surface area (Å²) in [6, 6.07) is 11.6. The lowest BCUT2D eigenvalue weighted by atomic mass is 10.2. The Hall–Kier alpha value is -3.56. The first-order chi connectivity index (χ1) is 16.2. The molecule has 4 aromatic rings. The second kappa shape index (κ2) is 9.51. The molecule has 0 atom stereocenters. The molecule has 0 aliphatic carbocycles. The molecule has 1 saturated heterocycles. The average Bonchev–Trinajstić information content (AvgIpc) is 3.46. The third-order valence-electron chi connectivity index (χ3n) is 5.81. The molecule has 9 nitrogen and oxygen atoms in total. The molecule has 33 heavy (non-hydrogen) atoms. The topological polar surface area (TPSA) is 98.3 Å². The summed E-state index contributed by atoms with van der Waals surface area (Å²) in [5, 5.41) is 8.36. The van der Waals surface area contributed by atoms with Crippen molar-refractivity contribution >= 4 is 16.9 Å². The molecule has 0 saturated carbocycles. The first-order valence-corrected chi connectivity index (χ1v) is 11.1. The zero-order valence-electron chi connectivity index (χ0n) is 18.5. The van der Waals surface area contributed by atoms with Gasteiger partial charge in [0.2, 0.25) is 0 Å². The van der Waals surface area contributed by atoms with Gasteiger partial charge in [-0.25, -0.2) is 14.6 Å². The summed E-state index contributed by atoms with van der Waals surface area (Å²) in [7, 11) is 0. The summed E-state index contributed by atoms with van der Waals surface area (Å²) in [5.74, 6) is 0.897. The number of benzene rings is 1. The molecule has 170 valence electrons. The Morgan fingerprint density at radius 2 is 2.03 bits per heavy atom. The zero-order valence-corrected chi connectivity index (χ0v) is 18.5. The average molecular weight is 447 g/mol. The van der Waals surface area contributed by atoms with E-state index in [0.717, 1.165) is 50.2 Å². The first-order valence-electron chi connectivity index (χ1n) is 11.1. The van der Waals surface area contributed by atoms with E-state index in [2.05, 4.69) is 25.3 Å². The van der Waals surface area contributed by atoms with Gasteiger partial charge in [0.05, 0.1) is 30.7 Å². The number of amides is 1. The Labute approximate surface area is 191 Å². The molecule has 9 heteroatoms. The molecule has 1 aliphatic rings. The van der Waals surface area contributed by atoms with Crippen LogP contribution in [0.2, 0.25) is 0 Å². The van der Waals surface area contributed by atoms with Gasteiger partial charge in [-0.3, -0.25) is 9.69 Å². The summed E-state index contributed by atoms with van der Waals surface area (Å²) in [4.78, 5) is 24.0. The summed E-state index contributed by atoms with van der Waals surface area (Å²) >= 11 is 0. The van der Waals surface area contributed by atoms with Crippen molar-refractivity contribution in [3.63, 3.8) is 0 Å². The van der Waals surface area contributed by atoms with Crippen molar-refractivity contribution in [1.29, 1.82) is 0 Å². The lowest BCUT2D eigenvalue weighted by molar-refractivity contribution is 0.0374. The molecule has 1 aromatic carbocycles. The normalized spacial score (nSPS) is 14.6. The molecule has 0 spiro atoms. The molecule has 4 heterocycles. The van der Waals surface area contributed by atoms with Gasteiger partial charge in [0.1, 0.15) is 11.3 Å². The predicted octanol–water partition coefficient (Wildman–Crippen LogP) is 2.84. The molecule has 1 N–H and O–H groups in total. The molecule has 1 fully saturated rings. The monoisotopic (exact) mass is 446 g/mol. The van der Waals surface area contributed by atoms with Crippen molar-refractivity contribution in [3.05, 3.63) is 60.0 Å². The number of aromatic nitrogens is 4. The van der Waals surface area contributed by atoms with Gasteiger partial charge in [0.15, 0.2) is 5.76 Å². The maximum Gasteiger partial charge on any atom is 0.254 e. The number of fused-ring (bicyclic) bond motifs is 1. The summed E-state index contributed by atoms with van der Waals surface area (Å²) < 4.78 is 12.9. The van der Waals surface area contributed by atoms with Crippen molar-refractivity contribution in [2.24, 2.45) is 0 Å². The lowest BCUT2D eigenvalue weighted by Gasteiger charge is -2.26. The minimum Gasteiger partial charge on any atom is -0.454 e. The number of ether oxygens (including phenoxy) is 1. The zero-order chi connectivity index (χ0) is 22.6. The molecule has 0 unspecified atom stereocenters. The molecule has 1 aliphatic heterocycles. The van der Waals surface area contributed by atoms with Crippen molar-refractivity contribution < 1.29 is 13.9 Å². The number of nitrogens with one attached hydrogen (secondary N) is 1. The molecular weight excluding hydrogens is 420 g/mol. The number of rotatable bonds is 7. The van der Waals surface area contributed by atoms with Crippen LogP contribution in [0, 0.1) is 6.92 Å². The molecule has 1 amide bonds. The van der Waals surface area contributed by atoms with Crippen LogP contribution in [0.3, 0.4) is 0 Å². The summed E-state index contributed by atoms with van der Waals surface area (Å²) in [6.07, 6.45) is 4.11. The Bertz CT molecular complexity index is 1230. The largest absolute Gasteiger partial charge is 0.454 e. The molecule has 0 radical (unpaired) electrons. The van der Waals surface area contributed by atoms with Gasteiger partial charge in [-0.05, 0) is 38.1 Å². The molecule has 5 rings (SSSR count). The highest BCUT2D eigenvalue weighted by atomic mass is 16.5. The highest BCUT2D eigenvalue weighted by Crippen LogP contribution is 2.26. The van der Waals surface area contributed by atoms with E-state index in [-0.39, 0.29) is 5.91 Å². The van der Waals surface area contributed by atoms with E-state index in [1.165, 1.54) is 0 Å². The smallest absolute Gasteiger partial charge is 0.254 e. The Kier molecular flexibility index (Phi) is 6.14. The van der Waals surface area contributed by atoms with Crippen LogP contribution in [0.4, 0.5) is 0 Å². The fourth-order valence-electron chi connectivity index (χ4n) is 3.95. The highest BCUT2D eigenvalue weighted by Gasteiger charge is 2.17. The predicted molar refractivity (Wildman–Crippen MR) is 123 cm³/mol. The van der Waals surface area contributed by atoms with Gasteiger partial charge in [-0.1, -0.05) is 18.2 Å². The molecule has 3 aromatic heterocycles. The van der Waals surface area contributed by atoms with Gasteiger partial charge in [0.25, 0.3) is 11.9 Å². The highest BCUT2D eigenvalue weighted by molar-refractivity contribution is 5.95. The minimum absolute atomic E-state index is 0.144. The van der Waals surface area contributed by atoms with Gasteiger partial charge in [-0.15, -0.1) is 0 Å². The van der Waals surface area contributed by atoms with Crippen LogP contribution in [0.5, 0.6) is 0 Å². The second-order valence-corrected chi connectivity index (χ2v) is 8.01. The van der Waals surface area contributed by atoms with Gasteiger partial charge < -0.3 is 14.5 Å². The van der Waals surface area contributed by atoms with E-state index in [9.17, 15) is 4.79 Å². The van der Waals surface area contributed by atoms with E-state index in [4.69, 9.17) is 9.15 Å². The van der Waals surface area contributed by atoms with E-state index in [1.807, 2.05) is 37.3 Å². The minimum atomic E-state index is -0.144. The number of carbonyl (C=O) groups is 1. The Morgan fingerprint density at radius 3 is 2.88 bits per heavy atom. The summed E-state index contributed by atoms with van der Waals surface area (Å²) in [6.45, 7) is 6.87. The number of furan rings is 1. The second-order valence-electron chi connectivity index (χ2n) is 8.01. The van der Waals surface area contributed by atoms with Crippen molar-refractivity contribution in [3.8, 4) is 17.4 Å². The fraction of sp³-hybridized carbons (Fsp3) is 0.333. The van der Waals surface area contributed by atoms with E-state index < -0.39 is 0 Å². The number of carbonyl (C=O) groups excluding carboxylic acids is 1. The number of para-hydroxylation sites is 1. The van der Waals surface area contributed by atoms with Crippen LogP contribution in [0.1, 0.15) is 22.5 Å². The molecule has 0 bridgehead atoms. The third kappa shape index (κ3) is 4.64. The fourth-order valence-corrected chi connectivity index (χ4v) is 3.95. The van der Waals surface area contributed by atoms with Crippen LogP contribution in [-0.4, -0.2) is 69.9 Å². The van der Waals surface area contributed by atoms with E-state index >= 15 is 0 Å². The Balaban J connectivity index is 1.26. The number of nitrogens with zero attached hydrogens (tertiary/aromatic N) is 5. The first kappa shape index (κ1) is 21.3. The van der Waals surface area contributed by atoms with Crippen molar-refractivity contribution in [2.75, 3.05) is 39.4 Å². The van der Waals surface area contributed by atoms with Gasteiger partial charge in [0, 0.05) is 31.2 Å². The van der Waals surface area contributed by atoms with E-state index in [0.29, 0.717) is 35.2 Å². The Morgan fingerprint density at radius 1 is 1.18 bits per heavy atom. The van der Waals surface area contributed by atoms with Gasteiger partial charge in [-0.2, -0.15) is 5.10 Å². The van der Waals surface area contributed by atoms with Crippen LogP contribution >= 0.6 is 0 Å². The van der Waals surface area contributed by atoms with Crippen LogP contribution in [0.15, 0.2) is 53.2 Å². The maximum atomic E-state index is 12.7. The van der Waals surface area contributed by atoms with Crippen LogP contribution < -0.4 is 5.32 Å². The molecular formula is C24H26N6O3. The number of hydrogen-bond acceptors (Lipinski definition) is 7. The summed E-state index contributed by atoms with van der Waals surface area (Å²) in [5.41, 5.74) is 2.65. The van der Waals surface area contributed by atoms with Crippen molar-refractivity contribution in [1.82, 2.24) is 30.0 Å². The van der Waals surface area contributed by atoms with Crippen LogP contribution in [-0.2, 0) is 4.74 Å². The third-order valence-corrected chi connectivity index (χ3v) is 5.81. The number of hydrogen-bond donors (Lipinski definition) is 1. The standard InChI is InChI=1S/C24H26N6O3/c1-17-19(23(31)25-8-4-10-29-11-13-32-14-12-29)16-27-30(17)24-26-9-7-20(28-24)22-15-18-5-2-3-6-21(18)33-22/h2-3,5-7,9,15-16H,4,8,10-14H2,1H3,(H,25,31). The quantitative estimate of drug-likeness (QED) is 0.436. The lowest BCUT2D eigenvalue weighted by Crippen LogP contribution is -2.38. The van der Waals surface area contributed by atoms with Crippen molar-refractivity contribution in [2.45, 2.75) is 13.3 Å². The number of morpholine rings is 1. The van der Waals surface area contributed by atoms with Crippen LogP contribution in [0.25, 0.3) is 28.4 Å². The maximum absolute atomic E-state index is 12.7.